The molecule has 0 aliphatic rings. The van der Waals surface area contributed by atoms with E-state index in [1.807, 2.05) is 68.4 Å². The molecule has 0 unspecified atom stereocenters. The van der Waals surface area contributed by atoms with E-state index in [0.717, 1.165) is 16.8 Å². The fourth-order valence-corrected chi connectivity index (χ4v) is 3.11. The number of ether oxygens (including phenoxy) is 1. The zero-order chi connectivity index (χ0) is 20.1. The Hall–Kier alpha value is -3.34. The Balaban J connectivity index is 2.15. The van der Waals surface area contributed by atoms with Crippen LogP contribution >= 0.6 is 0 Å². The zero-order valence-electron chi connectivity index (χ0n) is 16.6. The molecule has 144 valence electrons. The number of para-hydroxylation sites is 2. The Kier molecular flexibility index (Phi) is 5.94. The highest BCUT2D eigenvalue weighted by atomic mass is 16.5. The lowest BCUT2D eigenvalue weighted by Crippen LogP contribution is -2.32. The van der Waals surface area contributed by atoms with E-state index in [1.54, 1.807) is 22.9 Å². The average Bonchev–Trinajstić information content (AvgIpc) is 3.17. The van der Waals surface area contributed by atoms with Gasteiger partial charge in [-0.2, -0.15) is 5.10 Å². The van der Waals surface area contributed by atoms with Gasteiger partial charge in [-0.15, -0.1) is 0 Å². The lowest BCUT2D eigenvalue weighted by atomic mass is 10.1. The summed E-state index contributed by atoms with van der Waals surface area (Å²) in [4.78, 5) is 15.1. The van der Waals surface area contributed by atoms with Gasteiger partial charge in [0.05, 0.1) is 18.4 Å². The molecule has 2 aromatic carbocycles. The van der Waals surface area contributed by atoms with Crippen LogP contribution in [0.4, 0.5) is 0 Å². The monoisotopic (exact) mass is 375 g/mol. The summed E-state index contributed by atoms with van der Waals surface area (Å²) in [6.45, 7) is 8.93. The summed E-state index contributed by atoms with van der Waals surface area (Å²) >= 11 is 0. The van der Waals surface area contributed by atoms with Gasteiger partial charge in [-0.25, -0.2) is 4.68 Å². The van der Waals surface area contributed by atoms with Gasteiger partial charge in [0.2, 0.25) is 0 Å². The van der Waals surface area contributed by atoms with Gasteiger partial charge in [0.15, 0.2) is 0 Å². The van der Waals surface area contributed by atoms with E-state index in [1.165, 1.54) is 0 Å². The van der Waals surface area contributed by atoms with Crippen molar-refractivity contribution < 1.29 is 9.53 Å². The summed E-state index contributed by atoms with van der Waals surface area (Å²) in [6.07, 6.45) is 1.79. The first kappa shape index (κ1) is 19.4. The smallest absolute Gasteiger partial charge is 0.257 e. The van der Waals surface area contributed by atoms with Crippen LogP contribution in [0.5, 0.6) is 5.75 Å². The summed E-state index contributed by atoms with van der Waals surface area (Å²) < 4.78 is 7.25. The molecule has 1 heterocycles. The number of aromatic nitrogens is 2. The second-order valence-corrected chi connectivity index (χ2v) is 6.65. The number of likely N-dealkylation sites (N-methyl/N-ethyl adjacent to an activating group) is 1. The Morgan fingerprint density at radius 2 is 1.82 bits per heavy atom. The van der Waals surface area contributed by atoms with Crippen LogP contribution < -0.4 is 4.74 Å². The van der Waals surface area contributed by atoms with Gasteiger partial charge in [0, 0.05) is 24.8 Å². The molecule has 0 aliphatic carbocycles. The number of carbonyl (C=O) groups excluding carboxylic acids is 1. The number of rotatable bonds is 7. The van der Waals surface area contributed by atoms with Crippen molar-refractivity contribution in [2.45, 2.75) is 13.8 Å². The minimum Gasteiger partial charge on any atom is -0.496 e. The molecular weight excluding hydrogens is 350 g/mol. The highest BCUT2D eigenvalue weighted by Crippen LogP contribution is 2.32. The van der Waals surface area contributed by atoms with Crippen molar-refractivity contribution in [1.29, 1.82) is 0 Å². The minimum absolute atomic E-state index is 0.0754. The topological polar surface area (TPSA) is 47.4 Å². The molecule has 0 saturated heterocycles. The SMILES string of the molecule is C=C(C)CN(CC)C(=O)c1cn(-c2ccccc2)nc1-c1ccccc1OC. The lowest BCUT2D eigenvalue weighted by molar-refractivity contribution is 0.0779. The molecule has 1 aromatic heterocycles. The van der Waals surface area contributed by atoms with Crippen LogP contribution in [0.15, 0.2) is 72.9 Å². The van der Waals surface area contributed by atoms with Crippen molar-refractivity contribution in [1.82, 2.24) is 14.7 Å². The average molecular weight is 375 g/mol. The van der Waals surface area contributed by atoms with Gasteiger partial charge < -0.3 is 9.64 Å². The van der Waals surface area contributed by atoms with Crippen LogP contribution in [0, 0.1) is 0 Å². The van der Waals surface area contributed by atoms with Crippen LogP contribution in [0.25, 0.3) is 16.9 Å². The molecule has 5 nitrogen and oxygen atoms in total. The van der Waals surface area contributed by atoms with Crippen LogP contribution in [0.3, 0.4) is 0 Å². The molecule has 0 fully saturated rings. The van der Waals surface area contributed by atoms with Crippen molar-refractivity contribution in [2.75, 3.05) is 20.2 Å². The first-order valence-electron chi connectivity index (χ1n) is 9.27. The molecule has 0 spiro atoms. The standard InChI is InChI=1S/C23H25N3O2/c1-5-25(15-17(2)3)23(27)20-16-26(18-11-7-6-8-12-18)24-22(20)19-13-9-10-14-21(19)28-4/h6-14,16H,2,5,15H2,1,3-4H3. The van der Waals surface area contributed by atoms with Crippen LogP contribution in [-0.4, -0.2) is 40.8 Å². The quantitative estimate of drug-likeness (QED) is 0.568. The molecule has 0 bridgehead atoms. The molecule has 0 radical (unpaired) electrons. The molecule has 1 amide bonds. The molecule has 3 aromatic rings. The molecule has 3 rings (SSSR count). The second-order valence-electron chi connectivity index (χ2n) is 6.65. The lowest BCUT2D eigenvalue weighted by Gasteiger charge is -2.21. The fourth-order valence-electron chi connectivity index (χ4n) is 3.11. The predicted molar refractivity (Wildman–Crippen MR) is 112 cm³/mol. The summed E-state index contributed by atoms with van der Waals surface area (Å²) in [5.41, 5.74) is 3.75. The number of hydrogen-bond donors (Lipinski definition) is 0. The van der Waals surface area contributed by atoms with Gasteiger partial charge in [0.1, 0.15) is 11.4 Å². The summed E-state index contributed by atoms with van der Waals surface area (Å²) in [7, 11) is 1.62. The van der Waals surface area contributed by atoms with Gasteiger partial charge >= 0.3 is 0 Å². The first-order valence-corrected chi connectivity index (χ1v) is 9.27. The van der Waals surface area contributed by atoms with E-state index < -0.39 is 0 Å². The summed E-state index contributed by atoms with van der Waals surface area (Å²) in [5.74, 6) is 0.603. The highest BCUT2D eigenvalue weighted by molar-refractivity contribution is 6.00. The van der Waals surface area contributed by atoms with Crippen molar-refractivity contribution >= 4 is 5.91 Å². The van der Waals surface area contributed by atoms with E-state index in [-0.39, 0.29) is 5.91 Å². The number of methoxy groups -OCH3 is 1. The van der Waals surface area contributed by atoms with Crippen molar-refractivity contribution in [3.63, 3.8) is 0 Å². The second kappa shape index (κ2) is 8.57. The molecule has 28 heavy (non-hydrogen) atoms. The van der Waals surface area contributed by atoms with E-state index in [2.05, 4.69) is 6.58 Å². The van der Waals surface area contributed by atoms with E-state index in [4.69, 9.17) is 9.84 Å². The van der Waals surface area contributed by atoms with Gasteiger partial charge in [-0.3, -0.25) is 4.79 Å². The molecule has 0 atom stereocenters. The minimum atomic E-state index is -0.0754. The van der Waals surface area contributed by atoms with Gasteiger partial charge in [0.25, 0.3) is 5.91 Å². The third-order valence-corrected chi connectivity index (χ3v) is 4.46. The van der Waals surface area contributed by atoms with Gasteiger partial charge in [-0.05, 0) is 38.1 Å². The highest BCUT2D eigenvalue weighted by Gasteiger charge is 2.24. The van der Waals surface area contributed by atoms with E-state index in [0.29, 0.717) is 30.1 Å². The Morgan fingerprint density at radius 1 is 1.14 bits per heavy atom. The van der Waals surface area contributed by atoms with Gasteiger partial charge in [-0.1, -0.05) is 42.5 Å². The maximum atomic E-state index is 13.3. The maximum absolute atomic E-state index is 13.3. The first-order chi connectivity index (χ1) is 13.5. The zero-order valence-corrected chi connectivity index (χ0v) is 16.6. The Bertz CT molecular complexity index is 977. The van der Waals surface area contributed by atoms with Crippen LogP contribution in [-0.2, 0) is 0 Å². The maximum Gasteiger partial charge on any atom is 0.257 e. The van der Waals surface area contributed by atoms with E-state index in [9.17, 15) is 4.79 Å². The number of nitrogens with zero attached hydrogens (tertiary/aromatic N) is 3. The van der Waals surface area contributed by atoms with Crippen LogP contribution in [0.2, 0.25) is 0 Å². The molecule has 0 N–H and O–H groups in total. The third kappa shape index (κ3) is 3.98. The predicted octanol–water partition coefficient (Wildman–Crippen LogP) is 4.59. The fraction of sp³-hybridized carbons (Fsp3) is 0.217. The van der Waals surface area contributed by atoms with Crippen molar-refractivity contribution in [3.8, 4) is 22.7 Å². The molecule has 0 aliphatic heterocycles. The van der Waals surface area contributed by atoms with Crippen LogP contribution in [0.1, 0.15) is 24.2 Å². The number of carbonyl (C=O) groups is 1. The molecule has 0 saturated carbocycles. The van der Waals surface area contributed by atoms with E-state index >= 15 is 0 Å². The Morgan fingerprint density at radius 3 is 2.46 bits per heavy atom. The molecule has 5 heteroatoms. The summed E-state index contributed by atoms with van der Waals surface area (Å²) in [5, 5.41) is 4.74. The number of amides is 1. The third-order valence-electron chi connectivity index (χ3n) is 4.46. The largest absolute Gasteiger partial charge is 0.496 e. The molecular formula is C23H25N3O2. The Labute approximate surface area is 165 Å². The number of benzene rings is 2. The van der Waals surface area contributed by atoms with Crippen molar-refractivity contribution in [3.05, 3.63) is 78.5 Å². The normalized spacial score (nSPS) is 10.5. The van der Waals surface area contributed by atoms with Crippen molar-refractivity contribution in [2.24, 2.45) is 0 Å². The summed E-state index contributed by atoms with van der Waals surface area (Å²) in [6, 6.07) is 17.4. The number of hydrogen-bond acceptors (Lipinski definition) is 3.